The van der Waals surface area contributed by atoms with Crippen LogP contribution in [0.4, 0.5) is 0 Å². The second kappa shape index (κ2) is 3.40. The van der Waals surface area contributed by atoms with Crippen molar-refractivity contribution in [1.29, 1.82) is 0 Å². The Hall–Kier alpha value is 0.700. The molecule has 0 saturated carbocycles. The van der Waals surface area contributed by atoms with Gasteiger partial charge in [0.1, 0.15) is 0 Å². The third kappa shape index (κ3) is 1.48. The Kier molecular flexibility index (Phi) is 2.50. The molecule has 0 spiro atoms. The molecular weight excluding hydrogens is 160 g/mol. The third-order valence-corrected chi connectivity index (χ3v) is 5.55. The van der Waals surface area contributed by atoms with E-state index in [0.29, 0.717) is 0 Å². The van der Waals surface area contributed by atoms with E-state index in [1.807, 2.05) is 0 Å². The van der Waals surface area contributed by atoms with Gasteiger partial charge in [-0.05, 0) is 37.2 Å². The van der Waals surface area contributed by atoms with Gasteiger partial charge in [-0.2, -0.15) is 23.5 Å². The molecule has 2 saturated heterocycles. The first kappa shape index (κ1) is 7.35. The zero-order chi connectivity index (χ0) is 6.81. The van der Waals surface area contributed by atoms with Crippen molar-refractivity contribution in [2.24, 2.45) is 0 Å². The van der Waals surface area contributed by atoms with Crippen LogP contribution in [0.15, 0.2) is 0 Å². The summed E-state index contributed by atoms with van der Waals surface area (Å²) in [7, 11) is 0. The topological polar surface area (TPSA) is 0 Å². The van der Waals surface area contributed by atoms with E-state index in [9.17, 15) is 0 Å². The summed E-state index contributed by atoms with van der Waals surface area (Å²) in [4.78, 5) is 0. The van der Waals surface area contributed by atoms with Crippen LogP contribution in [-0.4, -0.2) is 22.0 Å². The third-order valence-electron chi connectivity index (χ3n) is 2.34. The number of thioether (sulfide) groups is 2. The highest BCUT2D eigenvalue weighted by molar-refractivity contribution is 8.04. The molecule has 2 aliphatic rings. The van der Waals surface area contributed by atoms with E-state index >= 15 is 0 Å². The molecule has 2 fully saturated rings. The van der Waals surface area contributed by atoms with Gasteiger partial charge in [-0.3, -0.25) is 0 Å². The van der Waals surface area contributed by atoms with Crippen molar-refractivity contribution in [3.05, 3.63) is 0 Å². The highest BCUT2D eigenvalue weighted by Gasteiger charge is 2.28. The minimum Gasteiger partial charge on any atom is -0.157 e. The van der Waals surface area contributed by atoms with Gasteiger partial charge in [0, 0.05) is 10.5 Å². The zero-order valence-corrected chi connectivity index (χ0v) is 7.85. The van der Waals surface area contributed by atoms with Crippen LogP contribution in [-0.2, 0) is 0 Å². The molecule has 2 heterocycles. The summed E-state index contributed by atoms with van der Waals surface area (Å²) >= 11 is 4.45. The fraction of sp³-hybridized carbons (Fsp3) is 1.00. The molecule has 10 heavy (non-hydrogen) atoms. The van der Waals surface area contributed by atoms with Crippen LogP contribution >= 0.6 is 23.5 Å². The van der Waals surface area contributed by atoms with Crippen molar-refractivity contribution in [1.82, 2.24) is 0 Å². The molecule has 0 aliphatic carbocycles. The van der Waals surface area contributed by atoms with Gasteiger partial charge in [0.15, 0.2) is 0 Å². The maximum atomic E-state index is 2.23. The fourth-order valence-corrected chi connectivity index (χ4v) is 4.90. The van der Waals surface area contributed by atoms with Crippen molar-refractivity contribution >= 4 is 23.5 Å². The van der Waals surface area contributed by atoms with E-state index < -0.39 is 0 Å². The van der Waals surface area contributed by atoms with Crippen molar-refractivity contribution in [3.8, 4) is 0 Å². The van der Waals surface area contributed by atoms with Gasteiger partial charge in [-0.15, -0.1) is 0 Å². The average Bonchev–Trinajstić information content (AvgIpc) is 2.05. The zero-order valence-electron chi connectivity index (χ0n) is 6.21. The summed E-state index contributed by atoms with van der Waals surface area (Å²) in [5.41, 5.74) is 0. The molecule has 2 heteroatoms. The number of hydrogen-bond acceptors (Lipinski definition) is 2. The Morgan fingerprint density at radius 2 is 1.30 bits per heavy atom. The first-order valence-electron chi connectivity index (χ1n) is 4.20. The molecular formula is C8H14S2. The maximum absolute atomic E-state index is 2.23. The lowest BCUT2D eigenvalue weighted by Gasteiger charge is -2.34. The predicted molar refractivity (Wildman–Crippen MR) is 51.0 cm³/mol. The van der Waals surface area contributed by atoms with Crippen LogP contribution in [0.1, 0.15) is 25.7 Å². The van der Waals surface area contributed by atoms with Gasteiger partial charge in [0.2, 0.25) is 0 Å². The van der Waals surface area contributed by atoms with Crippen LogP contribution in [0.3, 0.4) is 0 Å². The first-order chi connectivity index (χ1) is 4.97. The van der Waals surface area contributed by atoms with E-state index in [-0.39, 0.29) is 0 Å². The van der Waals surface area contributed by atoms with Gasteiger partial charge in [-0.25, -0.2) is 0 Å². The lowest BCUT2D eigenvalue weighted by atomic mass is 10.1. The molecule has 0 radical (unpaired) electrons. The molecule has 0 aromatic carbocycles. The lowest BCUT2D eigenvalue weighted by Crippen LogP contribution is -2.28. The number of fused-ring (bicyclic) bond motifs is 1. The Morgan fingerprint density at radius 1 is 0.800 bits per heavy atom. The maximum Gasteiger partial charge on any atom is 0.0166 e. The van der Waals surface area contributed by atoms with E-state index in [2.05, 4.69) is 23.5 Å². The molecule has 2 unspecified atom stereocenters. The van der Waals surface area contributed by atoms with Crippen molar-refractivity contribution < 1.29 is 0 Å². The quantitative estimate of drug-likeness (QED) is 0.554. The first-order valence-corrected chi connectivity index (χ1v) is 6.30. The second-order valence-electron chi connectivity index (χ2n) is 3.10. The van der Waals surface area contributed by atoms with Gasteiger partial charge < -0.3 is 0 Å². The van der Waals surface area contributed by atoms with Gasteiger partial charge in [-0.1, -0.05) is 0 Å². The molecule has 2 aliphatic heterocycles. The summed E-state index contributed by atoms with van der Waals surface area (Å²) in [5, 5.41) is 2.07. The van der Waals surface area contributed by atoms with Gasteiger partial charge >= 0.3 is 0 Å². The largest absolute Gasteiger partial charge is 0.157 e. The highest BCUT2D eigenvalue weighted by atomic mass is 32.2. The van der Waals surface area contributed by atoms with Crippen LogP contribution in [0.25, 0.3) is 0 Å². The van der Waals surface area contributed by atoms with Gasteiger partial charge in [0.25, 0.3) is 0 Å². The van der Waals surface area contributed by atoms with Crippen molar-refractivity contribution in [3.63, 3.8) is 0 Å². The van der Waals surface area contributed by atoms with Crippen LogP contribution in [0.2, 0.25) is 0 Å². The summed E-state index contributed by atoms with van der Waals surface area (Å²) in [5.74, 6) is 2.86. The summed E-state index contributed by atoms with van der Waals surface area (Å²) in [6, 6.07) is 0. The minimum atomic E-state index is 1.03. The second-order valence-corrected chi connectivity index (χ2v) is 5.80. The van der Waals surface area contributed by atoms with E-state index in [1.54, 1.807) is 0 Å². The number of hydrogen-bond donors (Lipinski definition) is 0. The molecule has 0 aromatic heterocycles. The van der Waals surface area contributed by atoms with E-state index in [4.69, 9.17) is 0 Å². The Bertz CT molecular complexity index is 87.8. The molecule has 0 bridgehead atoms. The lowest BCUT2D eigenvalue weighted by molar-refractivity contribution is 0.620. The molecule has 0 nitrogen and oxygen atoms in total. The van der Waals surface area contributed by atoms with Crippen molar-refractivity contribution in [2.45, 2.75) is 36.2 Å². The predicted octanol–water partition coefficient (Wildman–Crippen LogP) is 2.78. The summed E-state index contributed by atoms with van der Waals surface area (Å²) in [6.45, 7) is 0. The molecule has 0 N–H and O–H groups in total. The monoisotopic (exact) mass is 174 g/mol. The fourth-order valence-electron chi connectivity index (χ4n) is 1.79. The van der Waals surface area contributed by atoms with Crippen LogP contribution in [0.5, 0.6) is 0 Å². The summed E-state index contributed by atoms with van der Waals surface area (Å²) in [6.07, 6.45) is 5.95. The Balaban J connectivity index is 1.93. The van der Waals surface area contributed by atoms with Crippen LogP contribution in [0, 0.1) is 0 Å². The Morgan fingerprint density at radius 3 is 1.80 bits per heavy atom. The highest BCUT2D eigenvalue weighted by Crippen LogP contribution is 2.39. The molecule has 2 atom stereocenters. The standard InChI is InChI=1S/C8H14S2/c1-3-7-8(9-5-1)4-2-6-10-7/h7-8H,1-6H2. The van der Waals surface area contributed by atoms with Gasteiger partial charge in [0.05, 0.1) is 0 Å². The minimum absolute atomic E-state index is 1.03. The molecule has 0 amide bonds. The van der Waals surface area contributed by atoms with Crippen LogP contribution < -0.4 is 0 Å². The summed E-state index contributed by atoms with van der Waals surface area (Å²) < 4.78 is 0. The van der Waals surface area contributed by atoms with Crippen molar-refractivity contribution in [2.75, 3.05) is 11.5 Å². The van der Waals surface area contributed by atoms with E-state index in [0.717, 1.165) is 10.5 Å². The molecule has 0 aromatic rings. The smallest absolute Gasteiger partial charge is 0.0166 e. The van der Waals surface area contributed by atoms with E-state index in [1.165, 1.54) is 37.2 Å². The number of rotatable bonds is 0. The average molecular weight is 174 g/mol. The Labute approximate surface area is 71.5 Å². The normalized spacial score (nSPS) is 40.8. The molecule has 58 valence electrons. The SMILES string of the molecule is C1CSC2CCCSC2C1. The molecule has 2 rings (SSSR count).